The molecule has 4 rings (SSSR count). The number of aliphatic imine (C=N–C) groups is 1. The zero-order chi connectivity index (χ0) is 21.8. The lowest BCUT2D eigenvalue weighted by atomic mass is 10.3. The number of carbonyl (C=O) groups excluding carboxylic acids is 2. The number of thiazole rings is 1. The van der Waals surface area contributed by atoms with Gasteiger partial charge in [0, 0.05) is 18.7 Å². The molecule has 2 N–H and O–H groups in total. The molecule has 1 saturated heterocycles. The standard InChI is InChI=1S/C21H23N5O3S2/c1-26(2)9-10-29-15-7-5-14(6-8-15)23-21-25-19(28)17(31-21)11-16-12-22-20(30-16)24-18(27)13-3-4-13/h5-8,11-13H,3-4,9-10H2,1-2H3,(H,22,24,27)(H,23,25,28)/b17-11-. The molecule has 1 aliphatic carbocycles. The number of nitrogens with zero attached hydrogens (tertiary/aromatic N) is 3. The van der Waals surface area contributed by atoms with Crippen molar-refractivity contribution in [1.82, 2.24) is 15.2 Å². The maximum atomic E-state index is 12.3. The molecular formula is C21H23N5O3S2. The molecule has 1 saturated carbocycles. The van der Waals surface area contributed by atoms with Crippen LogP contribution in [-0.2, 0) is 9.59 Å². The molecule has 2 aromatic rings. The average molecular weight is 458 g/mol. The van der Waals surface area contributed by atoms with Crippen molar-refractivity contribution in [1.29, 1.82) is 0 Å². The number of thioether (sulfide) groups is 1. The van der Waals surface area contributed by atoms with Crippen molar-refractivity contribution in [2.24, 2.45) is 10.9 Å². The number of amidine groups is 1. The number of rotatable bonds is 8. The first-order chi connectivity index (χ1) is 15.0. The lowest BCUT2D eigenvalue weighted by molar-refractivity contribution is -0.117. The Bertz CT molecular complexity index is 1030. The van der Waals surface area contributed by atoms with E-state index in [0.29, 0.717) is 21.8 Å². The van der Waals surface area contributed by atoms with Gasteiger partial charge in [0.2, 0.25) is 5.91 Å². The van der Waals surface area contributed by atoms with Gasteiger partial charge in [0.05, 0.1) is 15.5 Å². The SMILES string of the molecule is CN(C)CCOc1ccc(N=C2NC(=O)/C(=C/c3cnc(NC(=O)C4CC4)s3)S2)cc1. The molecule has 1 aromatic heterocycles. The number of hydrogen-bond donors (Lipinski definition) is 2. The number of aromatic nitrogens is 1. The minimum Gasteiger partial charge on any atom is -0.492 e. The Morgan fingerprint density at radius 1 is 1.35 bits per heavy atom. The number of carbonyl (C=O) groups is 2. The van der Waals surface area contributed by atoms with E-state index in [9.17, 15) is 9.59 Å². The highest BCUT2D eigenvalue weighted by atomic mass is 32.2. The zero-order valence-electron chi connectivity index (χ0n) is 17.3. The predicted molar refractivity (Wildman–Crippen MR) is 125 cm³/mol. The van der Waals surface area contributed by atoms with Gasteiger partial charge in [-0.2, -0.15) is 0 Å². The van der Waals surface area contributed by atoms with Crippen molar-refractivity contribution in [3.8, 4) is 5.75 Å². The van der Waals surface area contributed by atoms with Crippen molar-refractivity contribution < 1.29 is 14.3 Å². The molecule has 0 radical (unpaired) electrons. The summed E-state index contributed by atoms with van der Waals surface area (Å²) in [6.07, 6.45) is 5.30. The van der Waals surface area contributed by atoms with Crippen LogP contribution >= 0.6 is 23.1 Å². The fourth-order valence-corrected chi connectivity index (χ4v) is 4.32. The smallest absolute Gasteiger partial charge is 0.264 e. The number of amides is 2. The fraction of sp³-hybridized carbons (Fsp3) is 0.333. The van der Waals surface area contributed by atoms with Gasteiger partial charge in [0.1, 0.15) is 12.4 Å². The molecule has 0 bridgehead atoms. The molecule has 2 aliphatic rings. The first-order valence-electron chi connectivity index (χ1n) is 9.90. The van der Waals surface area contributed by atoms with Gasteiger partial charge in [-0.15, -0.1) is 0 Å². The van der Waals surface area contributed by atoms with E-state index in [2.05, 4.69) is 25.5 Å². The van der Waals surface area contributed by atoms with Crippen LogP contribution in [0, 0.1) is 5.92 Å². The molecule has 2 amide bonds. The third kappa shape index (κ3) is 6.16. The number of benzene rings is 1. The summed E-state index contributed by atoms with van der Waals surface area (Å²) in [6.45, 7) is 1.46. The molecule has 2 fully saturated rings. The molecular weight excluding hydrogens is 434 g/mol. The van der Waals surface area contributed by atoms with Gasteiger partial charge < -0.3 is 20.3 Å². The van der Waals surface area contributed by atoms with Crippen molar-refractivity contribution in [3.05, 3.63) is 40.2 Å². The van der Waals surface area contributed by atoms with Crippen molar-refractivity contribution >= 4 is 57.0 Å². The van der Waals surface area contributed by atoms with Crippen molar-refractivity contribution in [3.63, 3.8) is 0 Å². The van der Waals surface area contributed by atoms with E-state index in [1.165, 1.54) is 23.1 Å². The number of likely N-dealkylation sites (N-methyl/N-ethyl adjacent to an activating group) is 1. The van der Waals surface area contributed by atoms with E-state index in [1.54, 1.807) is 12.3 Å². The quantitative estimate of drug-likeness (QED) is 0.591. The van der Waals surface area contributed by atoms with Gasteiger partial charge >= 0.3 is 0 Å². The number of ether oxygens (including phenoxy) is 1. The van der Waals surface area contributed by atoms with E-state index in [4.69, 9.17) is 4.74 Å². The first-order valence-corrected chi connectivity index (χ1v) is 11.5. The van der Waals surface area contributed by atoms with E-state index < -0.39 is 0 Å². The van der Waals surface area contributed by atoms with Gasteiger partial charge in [-0.25, -0.2) is 9.98 Å². The normalized spacial score (nSPS) is 18.6. The summed E-state index contributed by atoms with van der Waals surface area (Å²) in [4.78, 5) is 36.2. The number of nitrogens with one attached hydrogen (secondary N) is 2. The van der Waals surface area contributed by atoms with Crippen LogP contribution in [0.3, 0.4) is 0 Å². The Balaban J connectivity index is 1.35. The summed E-state index contributed by atoms with van der Waals surface area (Å²) < 4.78 is 5.68. The lowest BCUT2D eigenvalue weighted by Crippen LogP contribution is -2.19. The van der Waals surface area contributed by atoms with Crippen LogP contribution in [0.4, 0.5) is 10.8 Å². The molecule has 2 heterocycles. The molecule has 10 heteroatoms. The van der Waals surface area contributed by atoms with Crippen LogP contribution in [0.5, 0.6) is 5.75 Å². The molecule has 31 heavy (non-hydrogen) atoms. The van der Waals surface area contributed by atoms with Crippen LogP contribution in [0.2, 0.25) is 0 Å². The Hall–Kier alpha value is -2.69. The van der Waals surface area contributed by atoms with Gasteiger partial charge in [-0.05, 0) is 69.0 Å². The predicted octanol–water partition coefficient (Wildman–Crippen LogP) is 3.32. The first kappa shape index (κ1) is 21.5. The summed E-state index contributed by atoms with van der Waals surface area (Å²) in [5.74, 6) is 0.720. The van der Waals surface area contributed by atoms with Crippen LogP contribution in [0.1, 0.15) is 17.7 Å². The van der Waals surface area contributed by atoms with Gasteiger partial charge in [0.15, 0.2) is 10.3 Å². The Labute approximate surface area is 188 Å². The summed E-state index contributed by atoms with van der Waals surface area (Å²) in [5, 5.41) is 6.67. The Morgan fingerprint density at radius 3 is 2.84 bits per heavy atom. The minimum atomic E-state index is -0.204. The molecule has 0 unspecified atom stereocenters. The van der Waals surface area contributed by atoms with Crippen LogP contribution in [0.15, 0.2) is 40.4 Å². The highest BCUT2D eigenvalue weighted by molar-refractivity contribution is 8.18. The number of hydrogen-bond acceptors (Lipinski definition) is 8. The molecule has 162 valence electrons. The van der Waals surface area contributed by atoms with E-state index >= 15 is 0 Å². The summed E-state index contributed by atoms with van der Waals surface area (Å²) in [6, 6.07) is 7.43. The third-order valence-corrected chi connectivity index (χ3v) is 6.27. The second kappa shape index (κ2) is 9.63. The van der Waals surface area contributed by atoms with Crippen LogP contribution < -0.4 is 15.4 Å². The highest BCUT2D eigenvalue weighted by Gasteiger charge is 2.30. The maximum absolute atomic E-state index is 12.3. The summed E-state index contributed by atoms with van der Waals surface area (Å²) >= 11 is 2.61. The molecule has 1 aromatic carbocycles. The molecule has 8 nitrogen and oxygen atoms in total. The average Bonchev–Trinajstić information content (AvgIpc) is 3.41. The molecule has 1 aliphatic heterocycles. The largest absolute Gasteiger partial charge is 0.492 e. The summed E-state index contributed by atoms with van der Waals surface area (Å²) in [7, 11) is 4.00. The molecule has 0 spiro atoms. The Morgan fingerprint density at radius 2 is 2.13 bits per heavy atom. The maximum Gasteiger partial charge on any atom is 0.264 e. The van der Waals surface area contributed by atoms with Crippen LogP contribution in [-0.4, -0.2) is 54.1 Å². The van der Waals surface area contributed by atoms with E-state index in [-0.39, 0.29) is 17.7 Å². The number of anilines is 1. The zero-order valence-corrected chi connectivity index (χ0v) is 18.9. The highest BCUT2D eigenvalue weighted by Crippen LogP contribution is 2.33. The van der Waals surface area contributed by atoms with Crippen molar-refractivity contribution in [2.75, 3.05) is 32.6 Å². The minimum absolute atomic E-state index is 0.0186. The Kier molecular flexibility index (Phi) is 6.69. The van der Waals surface area contributed by atoms with Gasteiger partial charge in [-0.3, -0.25) is 9.59 Å². The topological polar surface area (TPSA) is 95.9 Å². The lowest BCUT2D eigenvalue weighted by Gasteiger charge is -2.10. The molecule has 0 atom stereocenters. The van der Waals surface area contributed by atoms with E-state index in [1.807, 2.05) is 38.4 Å². The van der Waals surface area contributed by atoms with E-state index in [0.717, 1.165) is 35.7 Å². The summed E-state index contributed by atoms with van der Waals surface area (Å²) in [5.41, 5.74) is 0.729. The monoisotopic (exact) mass is 457 g/mol. The third-order valence-electron chi connectivity index (χ3n) is 4.50. The van der Waals surface area contributed by atoms with Crippen molar-refractivity contribution in [2.45, 2.75) is 12.8 Å². The second-order valence-electron chi connectivity index (χ2n) is 7.46. The second-order valence-corrected chi connectivity index (χ2v) is 9.55. The van der Waals surface area contributed by atoms with Gasteiger partial charge in [-0.1, -0.05) is 11.3 Å². The van der Waals surface area contributed by atoms with Crippen LogP contribution in [0.25, 0.3) is 6.08 Å². The van der Waals surface area contributed by atoms with Gasteiger partial charge in [0.25, 0.3) is 5.91 Å². The fourth-order valence-electron chi connectivity index (χ4n) is 2.65.